The summed E-state index contributed by atoms with van der Waals surface area (Å²) in [4.78, 5) is 6.80. The minimum atomic E-state index is -3.09. The molecule has 26 heavy (non-hydrogen) atoms. The first kappa shape index (κ1) is 25.9. The SMILES string of the molecule is CCS(=O)(=O)N(C)CCCNC(=NC)NCC(C)(C)N1CCCCC1.I. The number of halogens is 1. The van der Waals surface area contributed by atoms with Crippen molar-refractivity contribution >= 4 is 40.0 Å². The van der Waals surface area contributed by atoms with Crippen LogP contribution in [-0.4, -0.2) is 81.7 Å². The number of hydrogen-bond donors (Lipinski definition) is 2. The summed E-state index contributed by atoms with van der Waals surface area (Å²) in [6.07, 6.45) is 4.65. The third-order valence-corrected chi connectivity index (χ3v) is 6.77. The van der Waals surface area contributed by atoms with E-state index >= 15 is 0 Å². The van der Waals surface area contributed by atoms with Crippen LogP contribution in [-0.2, 0) is 10.0 Å². The first-order valence-electron chi connectivity index (χ1n) is 9.36. The first-order chi connectivity index (χ1) is 11.7. The molecule has 0 bridgehead atoms. The summed E-state index contributed by atoms with van der Waals surface area (Å²) in [6.45, 7) is 10.6. The molecule has 0 aromatic rings. The Hall–Kier alpha value is -0.130. The molecule has 0 unspecified atom stereocenters. The van der Waals surface area contributed by atoms with E-state index in [1.807, 2.05) is 0 Å². The molecule has 1 saturated heterocycles. The lowest BCUT2D eigenvalue weighted by Gasteiger charge is -2.41. The number of hydrogen-bond acceptors (Lipinski definition) is 4. The summed E-state index contributed by atoms with van der Waals surface area (Å²) in [5.74, 6) is 0.914. The van der Waals surface area contributed by atoms with Gasteiger partial charge in [0.15, 0.2) is 5.96 Å². The van der Waals surface area contributed by atoms with Crippen LogP contribution in [0.4, 0.5) is 0 Å². The van der Waals surface area contributed by atoms with Crippen LogP contribution in [0.2, 0.25) is 0 Å². The van der Waals surface area contributed by atoms with Gasteiger partial charge in [-0.2, -0.15) is 0 Å². The molecule has 1 aliphatic heterocycles. The molecule has 0 aromatic carbocycles. The van der Waals surface area contributed by atoms with Crippen molar-refractivity contribution in [3.05, 3.63) is 0 Å². The number of piperidine rings is 1. The van der Waals surface area contributed by atoms with E-state index in [2.05, 4.69) is 34.4 Å². The van der Waals surface area contributed by atoms with Crippen LogP contribution in [0.1, 0.15) is 46.5 Å². The van der Waals surface area contributed by atoms with Gasteiger partial charge in [-0.3, -0.25) is 9.89 Å². The summed E-state index contributed by atoms with van der Waals surface area (Å²) < 4.78 is 24.8. The third kappa shape index (κ3) is 8.71. The van der Waals surface area contributed by atoms with Crippen LogP contribution < -0.4 is 10.6 Å². The fourth-order valence-electron chi connectivity index (χ4n) is 3.00. The van der Waals surface area contributed by atoms with Crippen molar-refractivity contribution in [3.63, 3.8) is 0 Å². The number of nitrogens with zero attached hydrogens (tertiary/aromatic N) is 3. The van der Waals surface area contributed by atoms with Gasteiger partial charge >= 0.3 is 0 Å². The van der Waals surface area contributed by atoms with Gasteiger partial charge in [0.25, 0.3) is 0 Å². The third-order valence-electron chi connectivity index (χ3n) is 4.91. The van der Waals surface area contributed by atoms with Crippen LogP contribution in [0.5, 0.6) is 0 Å². The molecule has 9 heteroatoms. The summed E-state index contributed by atoms with van der Waals surface area (Å²) in [6, 6.07) is 0. The average molecular weight is 503 g/mol. The van der Waals surface area contributed by atoms with Crippen molar-refractivity contribution in [2.24, 2.45) is 4.99 Å². The van der Waals surface area contributed by atoms with Gasteiger partial charge in [-0.25, -0.2) is 12.7 Å². The summed E-state index contributed by atoms with van der Waals surface area (Å²) >= 11 is 0. The van der Waals surface area contributed by atoms with E-state index in [0.717, 1.165) is 18.9 Å². The van der Waals surface area contributed by atoms with Crippen LogP contribution in [0, 0.1) is 0 Å². The number of guanidine groups is 1. The summed E-state index contributed by atoms with van der Waals surface area (Å²) in [5.41, 5.74) is 0.0907. The lowest BCUT2D eigenvalue weighted by molar-refractivity contribution is 0.0982. The summed E-state index contributed by atoms with van der Waals surface area (Å²) in [5, 5.41) is 6.67. The largest absolute Gasteiger partial charge is 0.356 e. The molecule has 2 N–H and O–H groups in total. The zero-order valence-corrected chi connectivity index (χ0v) is 20.2. The highest BCUT2D eigenvalue weighted by Crippen LogP contribution is 2.19. The van der Waals surface area contributed by atoms with Gasteiger partial charge in [0, 0.05) is 39.3 Å². The molecule has 0 spiro atoms. The Bertz CT molecular complexity index is 519. The van der Waals surface area contributed by atoms with E-state index < -0.39 is 10.0 Å². The Labute approximate surface area is 177 Å². The van der Waals surface area contributed by atoms with Crippen molar-refractivity contribution in [1.82, 2.24) is 19.8 Å². The van der Waals surface area contributed by atoms with E-state index in [4.69, 9.17) is 0 Å². The van der Waals surface area contributed by atoms with Gasteiger partial charge in [0.2, 0.25) is 10.0 Å². The molecule has 1 fully saturated rings. The molecular formula is C17H38IN5O2S. The zero-order chi connectivity index (χ0) is 18.9. The number of sulfonamides is 1. The van der Waals surface area contributed by atoms with Crippen LogP contribution in [0.15, 0.2) is 4.99 Å². The standard InChI is InChI=1S/C17H37N5O2S.HI/c1-6-25(23,24)21(5)12-10-11-19-16(18-4)20-15-17(2,3)22-13-8-7-9-14-22;/h6-15H2,1-5H3,(H2,18,19,20);1H. The maximum Gasteiger partial charge on any atom is 0.213 e. The Kier molecular flexibility index (Phi) is 12.3. The lowest BCUT2D eigenvalue weighted by atomic mass is 9.98. The van der Waals surface area contributed by atoms with E-state index in [1.54, 1.807) is 21.0 Å². The first-order valence-corrected chi connectivity index (χ1v) is 11.0. The number of likely N-dealkylation sites (tertiary alicyclic amines) is 1. The van der Waals surface area contributed by atoms with Crippen LogP contribution in [0.25, 0.3) is 0 Å². The molecule has 0 aliphatic carbocycles. The lowest BCUT2D eigenvalue weighted by Crippen LogP contribution is -2.55. The van der Waals surface area contributed by atoms with Gasteiger partial charge in [0.1, 0.15) is 0 Å². The second-order valence-corrected chi connectivity index (χ2v) is 9.65. The quantitative estimate of drug-likeness (QED) is 0.217. The Morgan fingerprint density at radius 1 is 1.19 bits per heavy atom. The molecule has 1 rings (SSSR count). The predicted molar refractivity (Wildman–Crippen MR) is 121 cm³/mol. The van der Waals surface area contributed by atoms with E-state index in [9.17, 15) is 8.42 Å². The molecule has 0 radical (unpaired) electrons. The predicted octanol–water partition coefficient (Wildman–Crippen LogP) is 1.71. The van der Waals surface area contributed by atoms with Crippen molar-refractivity contribution in [2.45, 2.75) is 52.0 Å². The average Bonchev–Trinajstić information content (AvgIpc) is 2.61. The normalized spacial score (nSPS) is 17.1. The van der Waals surface area contributed by atoms with Gasteiger partial charge in [-0.15, -0.1) is 24.0 Å². The molecule has 0 atom stereocenters. The minimum absolute atomic E-state index is 0. The van der Waals surface area contributed by atoms with Gasteiger partial charge in [-0.1, -0.05) is 6.42 Å². The van der Waals surface area contributed by atoms with Gasteiger partial charge in [-0.05, 0) is 53.1 Å². The van der Waals surface area contributed by atoms with Crippen molar-refractivity contribution in [2.75, 3.05) is 52.6 Å². The highest BCUT2D eigenvalue weighted by Gasteiger charge is 2.27. The Balaban J connectivity index is 0.00000625. The summed E-state index contributed by atoms with van der Waals surface area (Å²) in [7, 11) is 0.300. The van der Waals surface area contributed by atoms with Crippen molar-refractivity contribution in [1.29, 1.82) is 0 Å². The second kappa shape index (κ2) is 12.4. The van der Waals surface area contributed by atoms with Crippen LogP contribution >= 0.6 is 24.0 Å². The Morgan fingerprint density at radius 2 is 1.81 bits per heavy atom. The fraction of sp³-hybridized carbons (Fsp3) is 0.941. The van der Waals surface area contributed by atoms with Crippen molar-refractivity contribution < 1.29 is 8.42 Å². The number of rotatable bonds is 9. The monoisotopic (exact) mass is 503 g/mol. The van der Waals surface area contributed by atoms with E-state index in [0.29, 0.717) is 13.1 Å². The molecule has 0 saturated carbocycles. The second-order valence-electron chi connectivity index (χ2n) is 7.29. The number of nitrogens with one attached hydrogen (secondary N) is 2. The number of aliphatic imine (C=N–C) groups is 1. The zero-order valence-electron chi connectivity index (χ0n) is 17.0. The smallest absolute Gasteiger partial charge is 0.213 e. The topological polar surface area (TPSA) is 77.0 Å². The van der Waals surface area contributed by atoms with Gasteiger partial charge in [0.05, 0.1) is 5.75 Å². The highest BCUT2D eigenvalue weighted by molar-refractivity contribution is 14.0. The molecule has 1 aliphatic rings. The Morgan fingerprint density at radius 3 is 2.35 bits per heavy atom. The molecule has 156 valence electrons. The maximum absolute atomic E-state index is 11.7. The molecular weight excluding hydrogens is 465 g/mol. The van der Waals surface area contributed by atoms with Gasteiger partial charge < -0.3 is 10.6 Å². The molecule has 7 nitrogen and oxygen atoms in total. The van der Waals surface area contributed by atoms with E-state index in [-0.39, 0.29) is 35.3 Å². The minimum Gasteiger partial charge on any atom is -0.356 e. The van der Waals surface area contributed by atoms with Crippen LogP contribution in [0.3, 0.4) is 0 Å². The molecule has 1 heterocycles. The van der Waals surface area contributed by atoms with E-state index in [1.165, 1.54) is 36.7 Å². The highest BCUT2D eigenvalue weighted by atomic mass is 127. The molecule has 0 aromatic heterocycles. The van der Waals surface area contributed by atoms with Crippen molar-refractivity contribution in [3.8, 4) is 0 Å². The fourth-order valence-corrected chi connectivity index (χ4v) is 3.85. The molecule has 0 amide bonds. The maximum atomic E-state index is 11.7.